The van der Waals surface area contributed by atoms with Crippen LogP contribution in [-0.4, -0.2) is 41.1 Å². The van der Waals surface area contributed by atoms with Gasteiger partial charge in [0.15, 0.2) is 0 Å². The van der Waals surface area contributed by atoms with E-state index < -0.39 is 12.0 Å². The van der Waals surface area contributed by atoms with Gasteiger partial charge in [-0.05, 0) is 6.08 Å². The highest BCUT2D eigenvalue weighted by molar-refractivity contribution is 8.00. The molecule has 76 valence electrons. The van der Waals surface area contributed by atoms with E-state index in [-0.39, 0.29) is 11.3 Å². The number of methoxy groups -OCH3 is 1. The third-order valence-corrected chi connectivity index (χ3v) is 3.49. The fraction of sp³-hybridized carbons (Fsp3) is 0.500. The van der Waals surface area contributed by atoms with E-state index in [0.717, 1.165) is 0 Å². The molecule has 6 heteroatoms. The predicted molar refractivity (Wildman–Crippen MR) is 51.2 cm³/mol. The summed E-state index contributed by atoms with van der Waals surface area (Å²) in [5.74, 6) is 0.00134. The molecule has 0 radical (unpaired) electrons. The zero-order chi connectivity index (χ0) is 10.3. The number of β-lactam (4-membered cyclic amide) rings is 1. The fourth-order valence-corrected chi connectivity index (χ4v) is 2.67. The van der Waals surface area contributed by atoms with Crippen molar-refractivity contribution in [3.8, 4) is 0 Å². The Bertz CT molecular complexity index is 329. The standard InChI is InChI=1S/C8H10N2O3S/c1-13-8(12)4-2-3-14-7-5(9)6(11)10(4)7/h2,5,7H,3,9H2,1H3/t5?,7-/m0/s1. The summed E-state index contributed by atoms with van der Waals surface area (Å²) in [7, 11) is 1.30. The van der Waals surface area contributed by atoms with Crippen LogP contribution in [0.1, 0.15) is 0 Å². The first-order chi connectivity index (χ1) is 6.66. The summed E-state index contributed by atoms with van der Waals surface area (Å²) >= 11 is 1.55. The van der Waals surface area contributed by atoms with Crippen molar-refractivity contribution in [2.75, 3.05) is 12.9 Å². The van der Waals surface area contributed by atoms with E-state index in [4.69, 9.17) is 5.73 Å². The molecule has 0 bridgehead atoms. The summed E-state index contributed by atoms with van der Waals surface area (Å²) in [5.41, 5.74) is 5.91. The first kappa shape index (κ1) is 9.54. The van der Waals surface area contributed by atoms with Crippen LogP contribution in [0, 0.1) is 0 Å². The predicted octanol–water partition coefficient (Wildman–Crippen LogP) is -0.714. The minimum Gasteiger partial charge on any atom is -0.464 e. The molecule has 2 heterocycles. The molecular weight excluding hydrogens is 204 g/mol. The fourth-order valence-electron chi connectivity index (χ4n) is 1.53. The number of carbonyl (C=O) groups is 2. The number of hydrogen-bond acceptors (Lipinski definition) is 5. The summed E-state index contributed by atoms with van der Waals surface area (Å²) in [5, 5.41) is -0.0957. The molecule has 1 amide bonds. The number of nitrogens with zero attached hydrogens (tertiary/aromatic N) is 1. The van der Waals surface area contributed by atoms with E-state index in [9.17, 15) is 9.59 Å². The summed E-state index contributed by atoms with van der Waals surface area (Å²) in [6.45, 7) is 0. The van der Waals surface area contributed by atoms with Crippen molar-refractivity contribution in [2.24, 2.45) is 5.73 Å². The monoisotopic (exact) mass is 214 g/mol. The van der Waals surface area contributed by atoms with Gasteiger partial charge in [-0.25, -0.2) is 4.79 Å². The number of rotatable bonds is 1. The van der Waals surface area contributed by atoms with Gasteiger partial charge in [0, 0.05) is 5.75 Å². The van der Waals surface area contributed by atoms with Gasteiger partial charge in [-0.1, -0.05) is 0 Å². The maximum atomic E-state index is 11.4. The second-order valence-corrected chi connectivity index (χ2v) is 4.19. The van der Waals surface area contributed by atoms with E-state index in [1.54, 1.807) is 17.8 Å². The normalized spacial score (nSPS) is 30.3. The second-order valence-electron chi connectivity index (χ2n) is 3.04. The molecule has 2 N–H and O–H groups in total. The van der Waals surface area contributed by atoms with Gasteiger partial charge in [-0.3, -0.25) is 9.69 Å². The molecule has 0 aromatic rings. The molecule has 2 atom stereocenters. The van der Waals surface area contributed by atoms with Gasteiger partial charge >= 0.3 is 5.97 Å². The zero-order valence-corrected chi connectivity index (χ0v) is 8.41. The first-order valence-corrected chi connectivity index (χ1v) is 5.20. The first-order valence-electron chi connectivity index (χ1n) is 4.15. The largest absolute Gasteiger partial charge is 0.464 e. The van der Waals surface area contributed by atoms with Gasteiger partial charge < -0.3 is 10.5 Å². The van der Waals surface area contributed by atoms with Crippen LogP contribution < -0.4 is 5.73 Å². The van der Waals surface area contributed by atoms with Crippen molar-refractivity contribution in [2.45, 2.75) is 11.4 Å². The molecule has 1 unspecified atom stereocenters. The third kappa shape index (κ3) is 1.14. The molecule has 2 aliphatic rings. The molecule has 0 aromatic carbocycles. The molecule has 0 saturated carbocycles. The molecule has 2 rings (SSSR count). The average Bonchev–Trinajstić information content (AvgIpc) is 2.25. The van der Waals surface area contributed by atoms with Gasteiger partial charge in [0.25, 0.3) is 0 Å². The summed E-state index contributed by atoms with van der Waals surface area (Å²) < 4.78 is 4.57. The molecule has 0 aliphatic carbocycles. The molecule has 14 heavy (non-hydrogen) atoms. The molecule has 1 fully saturated rings. The lowest BCUT2D eigenvalue weighted by molar-refractivity contribution is -0.149. The van der Waals surface area contributed by atoms with Crippen LogP contribution in [-0.2, 0) is 14.3 Å². The molecule has 2 aliphatic heterocycles. The number of fused-ring (bicyclic) bond motifs is 1. The van der Waals surface area contributed by atoms with E-state index >= 15 is 0 Å². The van der Waals surface area contributed by atoms with Crippen LogP contribution in [0.5, 0.6) is 0 Å². The van der Waals surface area contributed by atoms with Crippen LogP contribution in [0.2, 0.25) is 0 Å². The Labute approximate surface area is 85.3 Å². The van der Waals surface area contributed by atoms with Crippen molar-refractivity contribution in [1.82, 2.24) is 4.90 Å². The SMILES string of the molecule is COC(=O)C1=CCS[C@H]2C(N)C(=O)N12. The Morgan fingerprint density at radius 1 is 1.79 bits per heavy atom. The van der Waals surface area contributed by atoms with Crippen LogP contribution in [0.3, 0.4) is 0 Å². The van der Waals surface area contributed by atoms with Gasteiger partial charge in [0.1, 0.15) is 17.1 Å². The number of thioether (sulfide) groups is 1. The Morgan fingerprint density at radius 3 is 3.14 bits per heavy atom. The number of carbonyl (C=O) groups excluding carboxylic acids is 2. The smallest absolute Gasteiger partial charge is 0.354 e. The van der Waals surface area contributed by atoms with Crippen molar-refractivity contribution >= 4 is 23.6 Å². The van der Waals surface area contributed by atoms with Crippen LogP contribution in [0.15, 0.2) is 11.8 Å². The van der Waals surface area contributed by atoms with Gasteiger partial charge in [-0.2, -0.15) is 0 Å². The average molecular weight is 214 g/mol. The van der Waals surface area contributed by atoms with Crippen molar-refractivity contribution in [3.63, 3.8) is 0 Å². The quantitative estimate of drug-likeness (QED) is 0.461. The van der Waals surface area contributed by atoms with Crippen LogP contribution >= 0.6 is 11.8 Å². The van der Waals surface area contributed by atoms with Crippen molar-refractivity contribution < 1.29 is 14.3 Å². The summed E-state index contributed by atoms with van der Waals surface area (Å²) in [4.78, 5) is 24.0. The molecular formula is C8H10N2O3S. The third-order valence-electron chi connectivity index (χ3n) is 2.28. The van der Waals surface area contributed by atoms with Gasteiger partial charge in [0.2, 0.25) is 5.91 Å². The minimum absolute atomic E-state index is 0.0957. The maximum absolute atomic E-state index is 11.4. The Kier molecular flexibility index (Phi) is 2.24. The topological polar surface area (TPSA) is 72.6 Å². The summed E-state index contributed by atoms with van der Waals surface area (Å²) in [6, 6.07) is -0.478. The lowest BCUT2D eigenvalue weighted by Crippen LogP contribution is -2.68. The Morgan fingerprint density at radius 2 is 2.50 bits per heavy atom. The van der Waals surface area contributed by atoms with Crippen molar-refractivity contribution in [3.05, 3.63) is 11.8 Å². The van der Waals surface area contributed by atoms with E-state index in [1.807, 2.05) is 0 Å². The zero-order valence-electron chi connectivity index (χ0n) is 7.60. The molecule has 0 spiro atoms. The van der Waals surface area contributed by atoms with E-state index in [1.165, 1.54) is 12.0 Å². The van der Waals surface area contributed by atoms with Crippen LogP contribution in [0.4, 0.5) is 0 Å². The number of hydrogen-bond donors (Lipinski definition) is 1. The Hall–Kier alpha value is -1.01. The number of amides is 1. The minimum atomic E-state index is -0.478. The lowest BCUT2D eigenvalue weighted by Gasteiger charge is -2.46. The molecule has 5 nitrogen and oxygen atoms in total. The molecule has 1 saturated heterocycles. The number of ether oxygens (including phenoxy) is 1. The van der Waals surface area contributed by atoms with Gasteiger partial charge in [0.05, 0.1) is 7.11 Å². The lowest BCUT2D eigenvalue weighted by atomic mass is 10.1. The van der Waals surface area contributed by atoms with Crippen molar-refractivity contribution in [1.29, 1.82) is 0 Å². The molecule has 0 aromatic heterocycles. The highest BCUT2D eigenvalue weighted by atomic mass is 32.2. The van der Waals surface area contributed by atoms with Gasteiger partial charge in [-0.15, -0.1) is 11.8 Å². The highest BCUT2D eigenvalue weighted by Crippen LogP contribution is 2.36. The van der Waals surface area contributed by atoms with E-state index in [0.29, 0.717) is 11.4 Å². The van der Waals surface area contributed by atoms with E-state index in [2.05, 4.69) is 4.74 Å². The van der Waals surface area contributed by atoms with Crippen LogP contribution in [0.25, 0.3) is 0 Å². The Balaban J connectivity index is 2.23. The number of nitrogens with two attached hydrogens (primary N) is 1. The maximum Gasteiger partial charge on any atom is 0.354 e. The summed E-state index contributed by atoms with van der Waals surface area (Å²) in [6.07, 6.45) is 1.69. The number of esters is 1. The second kappa shape index (κ2) is 3.29. The highest BCUT2D eigenvalue weighted by Gasteiger charge is 2.50.